The van der Waals surface area contributed by atoms with Gasteiger partial charge in [0.1, 0.15) is 0 Å². The van der Waals surface area contributed by atoms with Crippen LogP contribution in [0.15, 0.2) is 22.7 Å². The third-order valence-electron chi connectivity index (χ3n) is 3.31. The summed E-state index contributed by atoms with van der Waals surface area (Å²) in [5.74, 6) is 0. The van der Waals surface area contributed by atoms with Gasteiger partial charge in [-0.15, -0.1) is 0 Å². The predicted octanol–water partition coefficient (Wildman–Crippen LogP) is 3.29. The maximum Gasteiger partial charge on any atom is 0.301 e. The highest BCUT2D eigenvalue weighted by molar-refractivity contribution is 9.10. The third-order valence-corrected chi connectivity index (χ3v) is 5.74. The molecule has 1 aliphatic rings. The lowest BCUT2D eigenvalue weighted by Gasteiger charge is -2.21. The van der Waals surface area contributed by atoms with Crippen molar-refractivity contribution in [2.24, 2.45) is 0 Å². The lowest BCUT2D eigenvalue weighted by molar-refractivity contribution is 0.427. The van der Waals surface area contributed by atoms with E-state index in [1.165, 1.54) is 0 Å². The maximum absolute atomic E-state index is 12.3. The summed E-state index contributed by atoms with van der Waals surface area (Å²) in [6.07, 6.45) is 4.12. The molecule has 1 aliphatic heterocycles. The van der Waals surface area contributed by atoms with Gasteiger partial charge >= 0.3 is 10.2 Å². The zero-order valence-corrected chi connectivity index (χ0v) is 13.4. The fraction of sp³-hybridized carbons (Fsp3) is 0.538. The van der Waals surface area contributed by atoms with E-state index < -0.39 is 10.2 Å². The molecule has 1 fully saturated rings. The fourth-order valence-electron chi connectivity index (χ4n) is 2.20. The van der Waals surface area contributed by atoms with Crippen molar-refractivity contribution in [1.82, 2.24) is 4.31 Å². The standard InChI is InChI=1S/C13H19BrN2O2S/c1-11-10-12(6-7-13(11)14)15-19(17,18)16-8-4-2-3-5-9-16/h6-7,10,15H,2-5,8-9H2,1H3. The SMILES string of the molecule is Cc1cc(NS(=O)(=O)N2CCCCCC2)ccc1Br. The number of halogens is 1. The second-order valence-corrected chi connectivity index (χ2v) is 7.41. The van der Waals surface area contributed by atoms with Crippen molar-refractivity contribution in [3.05, 3.63) is 28.2 Å². The molecule has 0 unspecified atom stereocenters. The van der Waals surface area contributed by atoms with Crippen LogP contribution in [0.2, 0.25) is 0 Å². The molecule has 0 bridgehead atoms. The van der Waals surface area contributed by atoms with Crippen LogP contribution in [-0.2, 0) is 10.2 Å². The van der Waals surface area contributed by atoms with E-state index in [1.807, 2.05) is 19.1 Å². The maximum atomic E-state index is 12.3. The van der Waals surface area contributed by atoms with Crippen LogP contribution >= 0.6 is 15.9 Å². The largest absolute Gasteiger partial charge is 0.301 e. The molecule has 0 radical (unpaired) electrons. The Labute approximate surface area is 123 Å². The van der Waals surface area contributed by atoms with E-state index >= 15 is 0 Å². The molecule has 0 spiro atoms. The second-order valence-electron chi connectivity index (χ2n) is 4.88. The van der Waals surface area contributed by atoms with E-state index in [9.17, 15) is 8.42 Å². The van der Waals surface area contributed by atoms with Crippen molar-refractivity contribution in [2.75, 3.05) is 17.8 Å². The summed E-state index contributed by atoms with van der Waals surface area (Å²) in [6, 6.07) is 5.46. The quantitative estimate of drug-likeness (QED) is 0.912. The first-order valence-electron chi connectivity index (χ1n) is 6.53. The van der Waals surface area contributed by atoms with Crippen LogP contribution in [0.3, 0.4) is 0 Å². The van der Waals surface area contributed by atoms with E-state index in [1.54, 1.807) is 10.4 Å². The minimum Gasteiger partial charge on any atom is -0.271 e. The van der Waals surface area contributed by atoms with Crippen molar-refractivity contribution >= 4 is 31.8 Å². The Hall–Kier alpha value is -0.590. The number of benzene rings is 1. The average Bonchev–Trinajstić information content (AvgIpc) is 2.63. The lowest BCUT2D eigenvalue weighted by atomic mass is 10.2. The van der Waals surface area contributed by atoms with Gasteiger partial charge < -0.3 is 0 Å². The summed E-state index contributed by atoms with van der Waals surface area (Å²) < 4.78 is 29.8. The minimum atomic E-state index is -3.42. The number of anilines is 1. The molecule has 0 amide bonds. The first-order valence-corrected chi connectivity index (χ1v) is 8.76. The van der Waals surface area contributed by atoms with Gasteiger partial charge in [0.05, 0.1) is 5.69 Å². The number of aryl methyl sites for hydroxylation is 1. The van der Waals surface area contributed by atoms with Crippen LogP contribution in [0.25, 0.3) is 0 Å². The Morgan fingerprint density at radius 1 is 1.16 bits per heavy atom. The summed E-state index contributed by atoms with van der Waals surface area (Å²) in [5.41, 5.74) is 1.63. The van der Waals surface area contributed by atoms with Crippen LogP contribution in [0, 0.1) is 6.92 Å². The summed E-state index contributed by atoms with van der Waals surface area (Å²) in [6.45, 7) is 3.17. The van der Waals surface area contributed by atoms with Gasteiger partial charge in [-0.1, -0.05) is 28.8 Å². The molecular weight excluding hydrogens is 328 g/mol. The van der Waals surface area contributed by atoms with Crippen LogP contribution in [0.4, 0.5) is 5.69 Å². The Morgan fingerprint density at radius 3 is 2.37 bits per heavy atom. The van der Waals surface area contributed by atoms with E-state index in [0.29, 0.717) is 18.8 Å². The van der Waals surface area contributed by atoms with E-state index in [2.05, 4.69) is 20.7 Å². The van der Waals surface area contributed by atoms with Gasteiger partial charge in [-0.3, -0.25) is 4.72 Å². The summed E-state index contributed by atoms with van der Waals surface area (Å²) in [5, 5.41) is 0. The van der Waals surface area contributed by atoms with Crippen molar-refractivity contribution in [2.45, 2.75) is 32.6 Å². The normalized spacial score (nSPS) is 18.0. The van der Waals surface area contributed by atoms with Crippen LogP contribution in [0.1, 0.15) is 31.2 Å². The summed E-state index contributed by atoms with van der Waals surface area (Å²) >= 11 is 3.41. The highest BCUT2D eigenvalue weighted by Crippen LogP contribution is 2.22. The minimum absolute atomic E-state index is 0.616. The van der Waals surface area contributed by atoms with Gasteiger partial charge in [0.2, 0.25) is 0 Å². The Balaban J connectivity index is 2.13. The highest BCUT2D eigenvalue weighted by Gasteiger charge is 2.22. The van der Waals surface area contributed by atoms with Crippen molar-refractivity contribution in [1.29, 1.82) is 0 Å². The topological polar surface area (TPSA) is 49.4 Å². The third kappa shape index (κ3) is 3.94. The molecule has 6 heteroatoms. The molecule has 4 nitrogen and oxygen atoms in total. The molecular formula is C13H19BrN2O2S. The molecule has 0 aromatic heterocycles. The summed E-state index contributed by atoms with van der Waals surface area (Å²) in [4.78, 5) is 0. The molecule has 1 aromatic carbocycles. The average molecular weight is 347 g/mol. The van der Waals surface area contributed by atoms with Gasteiger partial charge in [0.25, 0.3) is 0 Å². The molecule has 2 rings (SSSR count). The monoisotopic (exact) mass is 346 g/mol. The number of hydrogen-bond donors (Lipinski definition) is 1. The van der Waals surface area contributed by atoms with Crippen molar-refractivity contribution in [3.8, 4) is 0 Å². The molecule has 19 heavy (non-hydrogen) atoms. The van der Waals surface area contributed by atoms with Gasteiger partial charge in [-0.2, -0.15) is 12.7 Å². The number of hydrogen-bond acceptors (Lipinski definition) is 2. The molecule has 106 valence electrons. The van der Waals surface area contributed by atoms with Crippen LogP contribution in [-0.4, -0.2) is 25.8 Å². The molecule has 0 aliphatic carbocycles. The van der Waals surface area contributed by atoms with Gasteiger partial charge in [0.15, 0.2) is 0 Å². The van der Waals surface area contributed by atoms with Crippen molar-refractivity contribution < 1.29 is 8.42 Å². The second kappa shape index (κ2) is 6.24. The summed E-state index contributed by atoms with van der Waals surface area (Å²) in [7, 11) is -3.42. The zero-order valence-electron chi connectivity index (χ0n) is 11.0. The van der Waals surface area contributed by atoms with Crippen molar-refractivity contribution in [3.63, 3.8) is 0 Å². The van der Waals surface area contributed by atoms with Gasteiger partial charge in [-0.25, -0.2) is 0 Å². The Morgan fingerprint density at radius 2 is 1.79 bits per heavy atom. The number of nitrogens with zero attached hydrogens (tertiary/aromatic N) is 1. The number of nitrogens with one attached hydrogen (secondary N) is 1. The lowest BCUT2D eigenvalue weighted by Crippen LogP contribution is -2.36. The van der Waals surface area contributed by atoms with Gasteiger partial charge in [0, 0.05) is 17.6 Å². The van der Waals surface area contributed by atoms with Crippen LogP contribution in [0.5, 0.6) is 0 Å². The predicted molar refractivity (Wildman–Crippen MR) is 81.5 cm³/mol. The van der Waals surface area contributed by atoms with E-state index in [-0.39, 0.29) is 0 Å². The van der Waals surface area contributed by atoms with E-state index in [4.69, 9.17) is 0 Å². The first-order chi connectivity index (χ1) is 8.99. The molecule has 0 atom stereocenters. The molecule has 0 saturated carbocycles. The zero-order chi connectivity index (χ0) is 13.9. The van der Waals surface area contributed by atoms with E-state index in [0.717, 1.165) is 35.7 Å². The molecule has 1 aromatic rings. The molecule has 1 N–H and O–H groups in total. The first kappa shape index (κ1) is 14.8. The fourth-order valence-corrected chi connectivity index (χ4v) is 3.74. The number of rotatable bonds is 3. The Kier molecular flexibility index (Phi) is 4.86. The smallest absolute Gasteiger partial charge is 0.271 e. The molecule has 1 saturated heterocycles. The van der Waals surface area contributed by atoms with Gasteiger partial charge in [-0.05, 0) is 43.5 Å². The highest BCUT2D eigenvalue weighted by atomic mass is 79.9. The molecule has 1 heterocycles. The van der Waals surface area contributed by atoms with Crippen LogP contribution < -0.4 is 4.72 Å². The Bertz CT molecular complexity index is 538.